The van der Waals surface area contributed by atoms with Crippen LogP contribution in [0.3, 0.4) is 0 Å². The smallest absolute Gasteiger partial charge is 0.410 e. The second-order valence-corrected chi connectivity index (χ2v) is 7.61. The maximum absolute atomic E-state index is 12.1. The van der Waals surface area contributed by atoms with Gasteiger partial charge in [-0.15, -0.1) is 0 Å². The number of ether oxygens (including phenoxy) is 2. The summed E-state index contributed by atoms with van der Waals surface area (Å²) in [5, 5.41) is 11.2. The molecule has 6 heteroatoms. The Hall–Kier alpha value is -1.46. The van der Waals surface area contributed by atoms with Crippen LogP contribution in [-0.2, 0) is 4.74 Å². The molecule has 0 saturated carbocycles. The number of carbonyl (C=O) groups excluding carboxylic acids is 1. The highest BCUT2D eigenvalue weighted by Crippen LogP contribution is 2.34. The first-order valence-corrected chi connectivity index (χ1v) is 8.58. The first-order chi connectivity index (χ1) is 11.2. The van der Waals surface area contributed by atoms with Crippen LogP contribution in [-0.4, -0.2) is 41.9 Å². The molecule has 1 fully saturated rings. The second-order valence-electron chi connectivity index (χ2n) is 7.17. The molecule has 1 aliphatic rings. The van der Waals surface area contributed by atoms with Crippen LogP contribution in [0.15, 0.2) is 18.2 Å². The Bertz CT molecular complexity index is 577. The summed E-state index contributed by atoms with van der Waals surface area (Å²) in [7, 11) is 1.57. The van der Waals surface area contributed by atoms with E-state index in [1.807, 2.05) is 20.8 Å². The number of amides is 1. The molecule has 1 aromatic rings. The fourth-order valence-electron chi connectivity index (χ4n) is 2.87. The predicted molar refractivity (Wildman–Crippen MR) is 93.5 cm³/mol. The molecule has 134 valence electrons. The quantitative estimate of drug-likeness (QED) is 0.889. The number of aliphatic hydroxyl groups excluding tert-OH is 1. The molecule has 1 heterocycles. The minimum atomic E-state index is -0.626. The number of aliphatic hydroxyl groups is 1. The fourth-order valence-corrected chi connectivity index (χ4v) is 3.10. The van der Waals surface area contributed by atoms with Crippen LogP contribution in [0.5, 0.6) is 5.75 Å². The van der Waals surface area contributed by atoms with Crippen molar-refractivity contribution in [3.8, 4) is 5.75 Å². The zero-order chi connectivity index (χ0) is 17.9. The van der Waals surface area contributed by atoms with Gasteiger partial charge < -0.3 is 19.5 Å². The molecule has 2 rings (SSSR count). The molecule has 0 spiro atoms. The van der Waals surface area contributed by atoms with Crippen LogP contribution < -0.4 is 4.74 Å². The van der Waals surface area contributed by atoms with E-state index in [0.717, 1.165) is 18.4 Å². The third kappa shape index (κ3) is 5.02. The molecular weight excluding hydrogens is 330 g/mol. The Balaban J connectivity index is 1.97. The molecular formula is C18H26ClNO4. The van der Waals surface area contributed by atoms with E-state index in [1.165, 1.54) is 0 Å². The van der Waals surface area contributed by atoms with Gasteiger partial charge in [0.2, 0.25) is 0 Å². The van der Waals surface area contributed by atoms with Crippen LogP contribution in [0.4, 0.5) is 4.79 Å². The maximum Gasteiger partial charge on any atom is 0.410 e. The average Bonchev–Trinajstić information content (AvgIpc) is 2.52. The van der Waals surface area contributed by atoms with Crippen molar-refractivity contribution in [2.45, 2.75) is 45.3 Å². The lowest BCUT2D eigenvalue weighted by Gasteiger charge is -2.35. The number of likely N-dealkylation sites (tertiary alicyclic amines) is 1. The molecule has 1 aromatic carbocycles. The van der Waals surface area contributed by atoms with E-state index in [1.54, 1.807) is 30.2 Å². The van der Waals surface area contributed by atoms with Gasteiger partial charge in [-0.2, -0.15) is 0 Å². The summed E-state index contributed by atoms with van der Waals surface area (Å²) in [6.45, 7) is 6.72. The second kappa shape index (κ2) is 7.62. The highest BCUT2D eigenvalue weighted by Gasteiger charge is 2.30. The zero-order valence-electron chi connectivity index (χ0n) is 14.7. The zero-order valence-corrected chi connectivity index (χ0v) is 15.5. The summed E-state index contributed by atoms with van der Waals surface area (Å²) in [6.07, 6.45) is 0.517. The number of hydrogen-bond acceptors (Lipinski definition) is 4. The molecule has 0 bridgehead atoms. The Morgan fingerprint density at radius 1 is 1.29 bits per heavy atom. The molecule has 1 unspecified atom stereocenters. The van der Waals surface area contributed by atoms with Gasteiger partial charge >= 0.3 is 6.09 Å². The SMILES string of the molecule is COc1cc(Cl)cc(C(O)C2CCN(C(=O)OC(C)(C)C)CC2)c1. The van der Waals surface area contributed by atoms with E-state index in [0.29, 0.717) is 23.9 Å². The van der Waals surface area contributed by atoms with Crippen LogP contribution in [0.25, 0.3) is 0 Å². The molecule has 1 aliphatic heterocycles. The number of carbonyl (C=O) groups is 1. The highest BCUT2D eigenvalue weighted by atomic mass is 35.5. The summed E-state index contributed by atoms with van der Waals surface area (Å²) in [5.41, 5.74) is 0.250. The summed E-state index contributed by atoms with van der Waals surface area (Å²) in [4.78, 5) is 13.8. The molecule has 0 aromatic heterocycles. The van der Waals surface area contributed by atoms with Crippen LogP contribution in [0.1, 0.15) is 45.3 Å². The van der Waals surface area contributed by atoms with Gasteiger partial charge in [0.15, 0.2) is 0 Å². The number of nitrogens with zero attached hydrogens (tertiary/aromatic N) is 1. The lowest BCUT2D eigenvalue weighted by molar-refractivity contribution is 0.00766. The number of halogens is 1. The summed E-state index contributed by atoms with van der Waals surface area (Å²) in [6, 6.07) is 5.27. The third-order valence-corrected chi connectivity index (χ3v) is 4.33. The Kier molecular flexibility index (Phi) is 5.99. The molecule has 1 saturated heterocycles. The van der Waals surface area contributed by atoms with E-state index in [2.05, 4.69) is 0 Å². The molecule has 0 aliphatic carbocycles. The van der Waals surface area contributed by atoms with Crippen molar-refractivity contribution in [2.24, 2.45) is 5.92 Å². The van der Waals surface area contributed by atoms with Crippen LogP contribution >= 0.6 is 11.6 Å². The normalized spacial score (nSPS) is 17.5. The summed E-state index contributed by atoms with van der Waals surface area (Å²) < 4.78 is 10.6. The van der Waals surface area contributed by atoms with Crippen molar-refractivity contribution in [1.29, 1.82) is 0 Å². The van der Waals surface area contributed by atoms with E-state index in [9.17, 15) is 9.90 Å². The topological polar surface area (TPSA) is 59.0 Å². The molecule has 1 amide bonds. The van der Waals surface area contributed by atoms with Crippen molar-refractivity contribution >= 4 is 17.7 Å². The first-order valence-electron chi connectivity index (χ1n) is 8.20. The van der Waals surface area contributed by atoms with Gasteiger partial charge in [-0.3, -0.25) is 0 Å². The van der Waals surface area contributed by atoms with Crippen molar-refractivity contribution < 1.29 is 19.4 Å². The highest BCUT2D eigenvalue weighted by molar-refractivity contribution is 6.30. The summed E-state index contributed by atoms with van der Waals surface area (Å²) >= 11 is 6.08. The first kappa shape index (κ1) is 18.9. The standard InChI is InChI=1S/C18H26ClNO4/c1-18(2,3)24-17(22)20-7-5-12(6-8-20)16(21)13-9-14(19)11-15(10-13)23-4/h9-12,16,21H,5-8H2,1-4H3. The van der Waals surface area contributed by atoms with Gasteiger partial charge in [0, 0.05) is 18.1 Å². The van der Waals surface area contributed by atoms with Gasteiger partial charge in [0.1, 0.15) is 11.4 Å². The maximum atomic E-state index is 12.1. The monoisotopic (exact) mass is 355 g/mol. The third-order valence-electron chi connectivity index (χ3n) is 4.11. The minimum Gasteiger partial charge on any atom is -0.497 e. The van der Waals surface area contributed by atoms with Crippen molar-refractivity contribution in [3.63, 3.8) is 0 Å². The van der Waals surface area contributed by atoms with Gasteiger partial charge in [0.25, 0.3) is 0 Å². The van der Waals surface area contributed by atoms with E-state index in [-0.39, 0.29) is 12.0 Å². The Morgan fingerprint density at radius 2 is 1.92 bits per heavy atom. The lowest BCUT2D eigenvalue weighted by Crippen LogP contribution is -2.42. The van der Waals surface area contributed by atoms with Crippen LogP contribution in [0.2, 0.25) is 5.02 Å². The van der Waals surface area contributed by atoms with E-state index < -0.39 is 11.7 Å². The van der Waals surface area contributed by atoms with Gasteiger partial charge in [-0.05, 0) is 63.3 Å². The average molecular weight is 356 g/mol. The van der Waals surface area contributed by atoms with E-state index in [4.69, 9.17) is 21.1 Å². The molecule has 1 atom stereocenters. The molecule has 24 heavy (non-hydrogen) atoms. The number of rotatable bonds is 3. The van der Waals surface area contributed by atoms with E-state index >= 15 is 0 Å². The number of piperidine rings is 1. The molecule has 0 radical (unpaired) electrons. The largest absolute Gasteiger partial charge is 0.497 e. The van der Waals surface area contributed by atoms with Crippen molar-refractivity contribution in [2.75, 3.05) is 20.2 Å². The summed E-state index contributed by atoms with van der Waals surface area (Å²) in [5.74, 6) is 0.703. The van der Waals surface area contributed by atoms with Crippen molar-refractivity contribution in [1.82, 2.24) is 4.90 Å². The van der Waals surface area contributed by atoms with Gasteiger partial charge in [-0.1, -0.05) is 11.6 Å². The number of hydrogen-bond donors (Lipinski definition) is 1. The number of methoxy groups -OCH3 is 1. The van der Waals surface area contributed by atoms with Crippen molar-refractivity contribution in [3.05, 3.63) is 28.8 Å². The predicted octanol–water partition coefficient (Wildman–Crippen LogP) is 4.03. The van der Waals surface area contributed by atoms with Crippen LogP contribution in [0, 0.1) is 5.92 Å². The molecule has 1 N–H and O–H groups in total. The Morgan fingerprint density at radius 3 is 2.46 bits per heavy atom. The Labute approximate surface area is 148 Å². The minimum absolute atomic E-state index is 0.0758. The number of benzene rings is 1. The molecule has 5 nitrogen and oxygen atoms in total. The van der Waals surface area contributed by atoms with Gasteiger partial charge in [-0.25, -0.2) is 4.79 Å². The lowest BCUT2D eigenvalue weighted by atomic mass is 9.87. The fraction of sp³-hybridized carbons (Fsp3) is 0.611. The van der Waals surface area contributed by atoms with Gasteiger partial charge in [0.05, 0.1) is 13.2 Å².